The predicted octanol–water partition coefficient (Wildman–Crippen LogP) is 2.59. The molecule has 0 radical (unpaired) electrons. The second-order valence-electron chi connectivity index (χ2n) is 6.91. The molecule has 1 aliphatic heterocycles. The van der Waals surface area contributed by atoms with E-state index in [1.165, 1.54) is 31.2 Å². The first-order chi connectivity index (χ1) is 12.4. The molecule has 1 N–H and O–H groups in total. The summed E-state index contributed by atoms with van der Waals surface area (Å²) in [6.45, 7) is 2.80. The Morgan fingerprint density at radius 1 is 1.04 bits per heavy atom. The normalized spacial score (nSPS) is 17.4. The number of H-pyrrole nitrogens is 1. The molecule has 3 aromatic rings. The minimum atomic E-state index is 0.546. The zero-order valence-corrected chi connectivity index (χ0v) is 14.1. The second kappa shape index (κ2) is 5.98. The van der Waals surface area contributed by atoms with Crippen LogP contribution in [0.15, 0.2) is 30.3 Å². The van der Waals surface area contributed by atoms with Crippen LogP contribution in [0.5, 0.6) is 0 Å². The van der Waals surface area contributed by atoms with E-state index in [2.05, 4.69) is 59.1 Å². The number of rotatable bonds is 5. The Hall–Kier alpha value is -2.70. The summed E-state index contributed by atoms with van der Waals surface area (Å²) in [5, 5.41) is 16.4. The third kappa shape index (κ3) is 2.79. The van der Waals surface area contributed by atoms with Crippen molar-refractivity contribution in [1.82, 2.24) is 29.9 Å². The number of aromatic nitrogens is 6. The highest BCUT2D eigenvalue weighted by Crippen LogP contribution is 2.38. The maximum atomic E-state index is 4.68. The summed E-state index contributed by atoms with van der Waals surface area (Å²) in [5.74, 6) is 3.84. The van der Waals surface area contributed by atoms with Crippen molar-refractivity contribution in [3.05, 3.63) is 41.7 Å². The van der Waals surface area contributed by atoms with Crippen molar-refractivity contribution in [3.8, 4) is 11.6 Å². The van der Waals surface area contributed by atoms with Crippen molar-refractivity contribution in [2.45, 2.75) is 38.1 Å². The predicted molar refractivity (Wildman–Crippen MR) is 94.4 cm³/mol. The summed E-state index contributed by atoms with van der Waals surface area (Å²) in [7, 11) is 0. The van der Waals surface area contributed by atoms with Crippen LogP contribution in [0.4, 0.5) is 5.95 Å². The van der Waals surface area contributed by atoms with Gasteiger partial charge in [0.2, 0.25) is 17.6 Å². The Balaban J connectivity index is 1.54. The second-order valence-corrected chi connectivity index (χ2v) is 6.91. The zero-order valence-electron chi connectivity index (χ0n) is 14.1. The van der Waals surface area contributed by atoms with Crippen LogP contribution in [0.2, 0.25) is 0 Å². The van der Waals surface area contributed by atoms with Gasteiger partial charge in [-0.1, -0.05) is 30.3 Å². The number of aromatic amines is 1. The highest BCUT2D eigenvalue weighted by Gasteiger charge is 2.29. The van der Waals surface area contributed by atoms with E-state index in [0.717, 1.165) is 37.2 Å². The van der Waals surface area contributed by atoms with Gasteiger partial charge in [0.05, 0.1) is 6.54 Å². The summed E-state index contributed by atoms with van der Waals surface area (Å²) >= 11 is 0. The standard InChI is InChI=1S/C18H21N7/c1-2-6-13(7-3-1)12-25-17(16-19-15(20-21-16)14-8-9-14)22-23-18(25)24-10-4-5-11-24/h1-3,6-7,14H,4-5,8-12H2,(H,19,20,21). The van der Waals surface area contributed by atoms with Crippen LogP contribution in [0, 0.1) is 0 Å². The van der Waals surface area contributed by atoms with Crippen LogP contribution in [-0.4, -0.2) is 43.0 Å². The quantitative estimate of drug-likeness (QED) is 0.775. The molecular formula is C18H21N7. The molecule has 1 saturated carbocycles. The van der Waals surface area contributed by atoms with Gasteiger partial charge in [0.1, 0.15) is 5.82 Å². The van der Waals surface area contributed by atoms with E-state index in [1.54, 1.807) is 0 Å². The van der Waals surface area contributed by atoms with Crippen molar-refractivity contribution in [1.29, 1.82) is 0 Å². The lowest BCUT2D eigenvalue weighted by molar-refractivity contribution is 0.758. The molecule has 0 bridgehead atoms. The van der Waals surface area contributed by atoms with Gasteiger partial charge in [-0.3, -0.25) is 9.67 Å². The maximum Gasteiger partial charge on any atom is 0.227 e. The van der Waals surface area contributed by atoms with Gasteiger partial charge in [0.25, 0.3) is 0 Å². The highest BCUT2D eigenvalue weighted by molar-refractivity contribution is 5.49. The Labute approximate surface area is 146 Å². The first-order valence-electron chi connectivity index (χ1n) is 9.03. The van der Waals surface area contributed by atoms with Crippen molar-refractivity contribution in [2.24, 2.45) is 0 Å². The lowest BCUT2D eigenvalue weighted by atomic mass is 10.2. The Kier molecular flexibility index (Phi) is 3.50. The van der Waals surface area contributed by atoms with E-state index >= 15 is 0 Å². The summed E-state index contributed by atoms with van der Waals surface area (Å²) in [6, 6.07) is 10.4. The fourth-order valence-electron chi connectivity index (χ4n) is 3.44. The van der Waals surface area contributed by atoms with E-state index in [9.17, 15) is 0 Å². The van der Waals surface area contributed by atoms with Gasteiger partial charge in [-0.05, 0) is 31.2 Å². The van der Waals surface area contributed by atoms with E-state index in [1.807, 2.05) is 6.07 Å². The van der Waals surface area contributed by atoms with Gasteiger partial charge in [0, 0.05) is 19.0 Å². The molecule has 0 atom stereocenters. The molecule has 3 heterocycles. The molecule has 2 fully saturated rings. The molecule has 7 heteroatoms. The number of hydrogen-bond donors (Lipinski definition) is 1. The third-order valence-corrected chi connectivity index (χ3v) is 4.97. The molecule has 128 valence electrons. The molecule has 25 heavy (non-hydrogen) atoms. The average Bonchev–Trinajstić information content (AvgIpc) is 3.06. The largest absolute Gasteiger partial charge is 0.341 e. The Morgan fingerprint density at radius 3 is 2.60 bits per heavy atom. The summed E-state index contributed by atoms with van der Waals surface area (Å²) in [4.78, 5) is 6.99. The van der Waals surface area contributed by atoms with Gasteiger partial charge < -0.3 is 4.90 Å². The summed E-state index contributed by atoms with van der Waals surface area (Å²) in [6.07, 6.45) is 4.81. The molecule has 1 saturated heterocycles. The number of hydrogen-bond acceptors (Lipinski definition) is 5. The number of nitrogens with one attached hydrogen (secondary N) is 1. The molecular weight excluding hydrogens is 314 g/mol. The number of benzene rings is 1. The molecule has 1 aromatic carbocycles. The highest BCUT2D eigenvalue weighted by atomic mass is 15.4. The van der Waals surface area contributed by atoms with E-state index < -0.39 is 0 Å². The summed E-state index contributed by atoms with van der Waals surface area (Å²) < 4.78 is 2.15. The number of nitrogens with zero attached hydrogens (tertiary/aromatic N) is 6. The van der Waals surface area contributed by atoms with E-state index in [0.29, 0.717) is 11.7 Å². The molecule has 0 spiro atoms. The fourth-order valence-corrected chi connectivity index (χ4v) is 3.44. The monoisotopic (exact) mass is 335 g/mol. The SMILES string of the molecule is c1ccc(Cn2c(-c3n[nH]c(C4CC4)n3)nnc2N2CCCC2)cc1. The molecule has 5 rings (SSSR count). The van der Waals surface area contributed by atoms with Crippen LogP contribution in [0.25, 0.3) is 11.6 Å². The lowest BCUT2D eigenvalue weighted by Crippen LogP contribution is -2.22. The minimum Gasteiger partial charge on any atom is -0.341 e. The van der Waals surface area contributed by atoms with Gasteiger partial charge in [-0.15, -0.1) is 15.3 Å². The van der Waals surface area contributed by atoms with Crippen LogP contribution in [0.3, 0.4) is 0 Å². The van der Waals surface area contributed by atoms with Crippen LogP contribution in [0.1, 0.15) is 43.0 Å². The van der Waals surface area contributed by atoms with Gasteiger partial charge in [-0.25, -0.2) is 4.98 Å². The first kappa shape index (κ1) is 14.6. The van der Waals surface area contributed by atoms with Gasteiger partial charge in [0.15, 0.2) is 0 Å². The first-order valence-corrected chi connectivity index (χ1v) is 9.03. The van der Waals surface area contributed by atoms with Crippen molar-refractivity contribution in [2.75, 3.05) is 18.0 Å². The topological polar surface area (TPSA) is 75.5 Å². The molecule has 0 amide bonds. The molecule has 2 aromatic heterocycles. The van der Waals surface area contributed by atoms with Crippen molar-refractivity contribution in [3.63, 3.8) is 0 Å². The van der Waals surface area contributed by atoms with Crippen LogP contribution >= 0.6 is 0 Å². The number of anilines is 1. The Bertz CT molecular complexity index is 857. The van der Waals surface area contributed by atoms with Crippen LogP contribution < -0.4 is 4.90 Å². The van der Waals surface area contributed by atoms with Gasteiger partial charge >= 0.3 is 0 Å². The van der Waals surface area contributed by atoms with Crippen LogP contribution in [-0.2, 0) is 6.54 Å². The minimum absolute atomic E-state index is 0.546. The summed E-state index contributed by atoms with van der Waals surface area (Å²) in [5.41, 5.74) is 1.22. The maximum absolute atomic E-state index is 4.68. The van der Waals surface area contributed by atoms with Gasteiger partial charge in [-0.2, -0.15) is 0 Å². The molecule has 7 nitrogen and oxygen atoms in total. The lowest BCUT2D eigenvalue weighted by Gasteiger charge is -2.18. The van der Waals surface area contributed by atoms with Crippen molar-refractivity contribution >= 4 is 5.95 Å². The van der Waals surface area contributed by atoms with E-state index in [4.69, 9.17) is 0 Å². The van der Waals surface area contributed by atoms with E-state index in [-0.39, 0.29) is 0 Å². The molecule has 1 aliphatic carbocycles. The average molecular weight is 335 g/mol. The Morgan fingerprint density at radius 2 is 1.84 bits per heavy atom. The molecule has 0 unspecified atom stereocenters. The van der Waals surface area contributed by atoms with Crippen molar-refractivity contribution < 1.29 is 0 Å². The zero-order chi connectivity index (χ0) is 16.6. The fraction of sp³-hybridized carbons (Fsp3) is 0.444. The third-order valence-electron chi connectivity index (χ3n) is 4.97. The smallest absolute Gasteiger partial charge is 0.227 e. The molecule has 2 aliphatic rings.